The molecule has 6 rings (SSSR count). The minimum Gasteiger partial charge on any atom is -0.493 e. The quantitative estimate of drug-likeness (QED) is 0.155. The van der Waals surface area contributed by atoms with E-state index >= 15 is 0 Å². The molecule has 9 heteroatoms. The van der Waals surface area contributed by atoms with E-state index < -0.39 is 0 Å². The minimum absolute atomic E-state index is 0.366. The molecular formula is C33H31N5O4. The second-order valence-electron chi connectivity index (χ2n) is 9.75. The molecule has 0 radical (unpaired) electrons. The highest BCUT2D eigenvalue weighted by Crippen LogP contribution is 2.37. The van der Waals surface area contributed by atoms with Gasteiger partial charge in [0.1, 0.15) is 30.2 Å². The molecule has 0 atom stereocenters. The third kappa shape index (κ3) is 5.29. The molecule has 0 N–H and O–H groups in total. The van der Waals surface area contributed by atoms with E-state index in [1.165, 1.54) is 0 Å². The van der Waals surface area contributed by atoms with E-state index in [1.807, 2.05) is 71.7 Å². The van der Waals surface area contributed by atoms with Crippen LogP contribution in [0.3, 0.4) is 0 Å². The molecule has 0 saturated carbocycles. The number of aromatic nitrogens is 2. The molecule has 1 aliphatic heterocycles. The van der Waals surface area contributed by atoms with Gasteiger partial charge in [0.05, 0.1) is 12.6 Å². The molecule has 2 heterocycles. The lowest BCUT2D eigenvalue weighted by atomic mass is 10.1. The normalized spacial score (nSPS) is 13.6. The van der Waals surface area contributed by atoms with Crippen LogP contribution in [-0.4, -0.2) is 61.3 Å². The molecule has 1 aromatic heterocycles. The number of piperazine rings is 1. The molecule has 5 aromatic rings. The predicted octanol–water partition coefficient (Wildman–Crippen LogP) is 5.85. The second-order valence-corrected chi connectivity index (χ2v) is 9.75. The summed E-state index contributed by atoms with van der Waals surface area (Å²) in [5, 5.41) is 6.64. The maximum Gasteiger partial charge on any atom is 0.228 e. The van der Waals surface area contributed by atoms with Gasteiger partial charge in [-0.15, -0.1) is 0 Å². The maximum atomic E-state index is 12.5. The summed E-state index contributed by atoms with van der Waals surface area (Å²) in [5.74, 6) is 3.36. The molecular weight excluding hydrogens is 530 g/mol. The molecule has 0 unspecified atom stereocenters. The highest BCUT2D eigenvalue weighted by atomic mass is 16.5. The van der Waals surface area contributed by atoms with Crippen LogP contribution < -0.4 is 24.1 Å². The van der Waals surface area contributed by atoms with Crippen LogP contribution in [0, 0.1) is 0 Å². The van der Waals surface area contributed by atoms with Crippen molar-refractivity contribution in [1.29, 1.82) is 0 Å². The summed E-state index contributed by atoms with van der Waals surface area (Å²) >= 11 is 0. The van der Waals surface area contributed by atoms with Gasteiger partial charge in [-0.05, 0) is 29.7 Å². The van der Waals surface area contributed by atoms with Crippen molar-refractivity contribution in [2.45, 2.75) is 0 Å². The summed E-state index contributed by atoms with van der Waals surface area (Å²) in [6.45, 7) is 6.59. The van der Waals surface area contributed by atoms with Gasteiger partial charge in [-0.1, -0.05) is 61.2 Å². The summed E-state index contributed by atoms with van der Waals surface area (Å²) in [6, 6.07) is 25.4. The Morgan fingerprint density at radius 1 is 0.857 bits per heavy atom. The van der Waals surface area contributed by atoms with E-state index in [-0.39, 0.29) is 0 Å². The topological polar surface area (TPSA) is 80.3 Å². The number of hydrogen-bond donors (Lipinski definition) is 0. The number of ether oxygens (including phenoxy) is 3. The first-order valence-corrected chi connectivity index (χ1v) is 13.8. The number of hydrazine groups is 1. The summed E-state index contributed by atoms with van der Waals surface area (Å²) < 4.78 is 17.8. The highest BCUT2D eigenvalue weighted by Gasteiger charge is 2.26. The highest BCUT2D eigenvalue weighted by molar-refractivity contribution is 5.92. The van der Waals surface area contributed by atoms with Gasteiger partial charge < -0.3 is 19.1 Å². The van der Waals surface area contributed by atoms with Crippen LogP contribution in [0.2, 0.25) is 0 Å². The number of methoxy groups -OCH3 is 1. The SMILES string of the molecule is C=CCOc1cc2ncnc(N3CCN(N(C=O)c4ccccc4Oc4cccc5ccccc45)CC3)c2cc1OC. The number of fused-ring (bicyclic) bond motifs is 2. The zero-order valence-corrected chi connectivity index (χ0v) is 23.3. The molecule has 0 aliphatic carbocycles. The first-order chi connectivity index (χ1) is 20.7. The number of hydrogen-bond acceptors (Lipinski definition) is 8. The summed E-state index contributed by atoms with van der Waals surface area (Å²) in [6.07, 6.45) is 4.09. The Morgan fingerprint density at radius 2 is 1.62 bits per heavy atom. The monoisotopic (exact) mass is 561 g/mol. The van der Waals surface area contributed by atoms with Gasteiger partial charge >= 0.3 is 0 Å². The standard InChI is InChI=1S/C33H31N5O4/c1-3-19-41-32-21-27-26(20-31(32)40-2)33(35-22-34-27)36-15-17-37(18-16-36)38(23-39)28-12-6-7-13-30(28)42-29-14-8-10-24-9-4-5-11-25(24)29/h3-14,20-23H,1,15-19H2,2H3. The Morgan fingerprint density at radius 3 is 2.43 bits per heavy atom. The Kier molecular flexibility index (Phi) is 7.83. The smallest absolute Gasteiger partial charge is 0.228 e. The Labute approximate surface area is 244 Å². The van der Waals surface area contributed by atoms with Crippen LogP contribution >= 0.6 is 0 Å². The van der Waals surface area contributed by atoms with Crippen molar-refractivity contribution < 1.29 is 19.0 Å². The van der Waals surface area contributed by atoms with E-state index in [9.17, 15) is 4.79 Å². The Bertz CT molecular complexity index is 1730. The lowest BCUT2D eigenvalue weighted by Gasteiger charge is -2.40. The van der Waals surface area contributed by atoms with Crippen molar-refractivity contribution >= 4 is 39.6 Å². The van der Waals surface area contributed by atoms with Crippen molar-refractivity contribution in [2.75, 3.05) is 49.8 Å². The molecule has 212 valence electrons. The van der Waals surface area contributed by atoms with Crippen LogP contribution in [0.25, 0.3) is 21.7 Å². The van der Waals surface area contributed by atoms with Crippen molar-refractivity contribution in [3.05, 3.63) is 97.8 Å². The number of amides is 1. The lowest BCUT2D eigenvalue weighted by molar-refractivity contribution is -0.110. The lowest BCUT2D eigenvalue weighted by Crippen LogP contribution is -2.54. The largest absolute Gasteiger partial charge is 0.493 e. The van der Waals surface area contributed by atoms with E-state index in [4.69, 9.17) is 14.2 Å². The van der Waals surface area contributed by atoms with Crippen molar-refractivity contribution in [3.63, 3.8) is 0 Å². The zero-order valence-electron chi connectivity index (χ0n) is 23.3. The second kappa shape index (κ2) is 12.2. The molecule has 1 fully saturated rings. The molecule has 1 amide bonds. The van der Waals surface area contributed by atoms with Crippen molar-refractivity contribution in [1.82, 2.24) is 15.0 Å². The van der Waals surface area contributed by atoms with Crippen LogP contribution in [0.5, 0.6) is 23.0 Å². The van der Waals surface area contributed by atoms with Crippen molar-refractivity contribution in [2.24, 2.45) is 0 Å². The Hall–Kier alpha value is -5.15. The fraction of sp³-hybridized carbons (Fsp3) is 0.182. The number of nitrogens with zero attached hydrogens (tertiary/aromatic N) is 5. The van der Waals surface area contributed by atoms with E-state index in [0.717, 1.165) is 39.7 Å². The average molecular weight is 562 g/mol. The van der Waals surface area contributed by atoms with Crippen LogP contribution in [0.4, 0.5) is 11.5 Å². The number of rotatable bonds is 10. The van der Waals surface area contributed by atoms with Gasteiger partial charge in [-0.25, -0.2) is 20.0 Å². The summed E-state index contributed by atoms with van der Waals surface area (Å²) in [7, 11) is 1.61. The third-order valence-electron chi connectivity index (χ3n) is 7.30. The average Bonchev–Trinajstić information content (AvgIpc) is 3.04. The van der Waals surface area contributed by atoms with Crippen molar-refractivity contribution in [3.8, 4) is 23.0 Å². The van der Waals surface area contributed by atoms with Gasteiger partial charge in [0.2, 0.25) is 6.41 Å². The summed E-state index contributed by atoms with van der Waals surface area (Å²) in [4.78, 5) is 23.8. The van der Waals surface area contributed by atoms with E-state index in [1.54, 1.807) is 24.5 Å². The molecule has 0 bridgehead atoms. The number of carbonyl (C=O) groups is 1. The maximum absolute atomic E-state index is 12.5. The summed E-state index contributed by atoms with van der Waals surface area (Å²) in [5.41, 5.74) is 1.44. The number of benzene rings is 4. The number of anilines is 2. The molecule has 42 heavy (non-hydrogen) atoms. The molecule has 1 aliphatic rings. The molecule has 1 saturated heterocycles. The fourth-order valence-corrected chi connectivity index (χ4v) is 5.26. The number of carbonyl (C=O) groups excluding carboxylic acids is 1. The van der Waals surface area contributed by atoms with Crippen LogP contribution in [0.1, 0.15) is 0 Å². The number of para-hydroxylation sites is 2. The van der Waals surface area contributed by atoms with Gasteiger partial charge in [-0.3, -0.25) is 4.79 Å². The molecule has 0 spiro atoms. The van der Waals surface area contributed by atoms with Gasteiger partial charge in [-0.2, -0.15) is 0 Å². The fourth-order valence-electron chi connectivity index (χ4n) is 5.26. The molecule has 4 aromatic carbocycles. The van der Waals surface area contributed by atoms with Crippen LogP contribution in [0.15, 0.2) is 97.8 Å². The van der Waals surface area contributed by atoms with E-state index in [2.05, 4.69) is 33.6 Å². The first kappa shape index (κ1) is 27.0. The first-order valence-electron chi connectivity index (χ1n) is 13.8. The van der Waals surface area contributed by atoms with Gasteiger partial charge in [0.25, 0.3) is 0 Å². The van der Waals surface area contributed by atoms with Gasteiger partial charge in [0, 0.05) is 43.0 Å². The van der Waals surface area contributed by atoms with Crippen LogP contribution in [-0.2, 0) is 4.79 Å². The zero-order chi connectivity index (χ0) is 28.9. The third-order valence-corrected chi connectivity index (χ3v) is 7.30. The minimum atomic E-state index is 0.366. The Balaban J connectivity index is 1.22. The predicted molar refractivity (Wildman–Crippen MR) is 165 cm³/mol. The molecule has 9 nitrogen and oxygen atoms in total. The van der Waals surface area contributed by atoms with Gasteiger partial charge in [0.15, 0.2) is 17.2 Å². The van der Waals surface area contributed by atoms with E-state index in [0.29, 0.717) is 55.7 Å².